The van der Waals surface area contributed by atoms with Gasteiger partial charge in [0.1, 0.15) is 5.75 Å². The van der Waals surface area contributed by atoms with E-state index in [1.54, 1.807) is 6.07 Å². The molecule has 0 spiro atoms. The van der Waals surface area contributed by atoms with Gasteiger partial charge in [-0.1, -0.05) is 41.9 Å². The lowest BCUT2D eigenvalue weighted by atomic mass is 9.97. The van der Waals surface area contributed by atoms with Gasteiger partial charge in [0, 0.05) is 16.1 Å². The Morgan fingerprint density at radius 3 is 2.42 bits per heavy atom. The first kappa shape index (κ1) is 13.4. The van der Waals surface area contributed by atoms with Crippen LogP contribution in [0.4, 0.5) is 4.79 Å². The monoisotopic (exact) mass is 275 g/mol. The normalized spacial score (nSPS) is 10.3. The Morgan fingerprint density at radius 2 is 1.84 bits per heavy atom. The quantitative estimate of drug-likeness (QED) is 0.898. The van der Waals surface area contributed by atoms with Crippen LogP contribution in [0.15, 0.2) is 36.4 Å². The lowest BCUT2D eigenvalue weighted by Crippen LogP contribution is -2.17. The van der Waals surface area contributed by atoms with Crippen LogP contribution in [0.2, 0.25) is 5.02 Å². The summed E-state index contributed by atoms with van der Waals surface area (Å²) in [5.74, 6) is 0.468. The summed E-state index contributed by atoms with van der Waals surface area (Å²) in [5.41, 5.74) is 8.50. The van der Waals surface area contributed by atoms with Crippen molar-refractivity contribution in [2.24, 2.45) is 5.73 Å². The van der Waals surface area contributed by atoms with Crippen molar-refractivity contribution in [1.82, 2.24) is 0 Å². The standard InChI is InChI=1S/C15H14ClNO2/c1-9-8-12(16)13(11-6-4-3-5-7-11)10(2)14(9)19-15(17)18/h3-8H,1-2H3,(H2,17,18). The third kappa shape index (κ3) is 2.71. The average molecular weight is 276 g/mol. The molecule has 0 saturated carbocycles. The second-order valence-electron chi connectivity index (χ2n) is 4.29. The molecule has 0 heterocycles. The first-order valence-corrected chi connectivity index (χ1v) is 6.21. The molecule has 2 aromatic carbocycles. The van der Waals surface area contributed by atoms with Crippen LogP contribution >= 0.6 is 11.6 Å². The largest absolute Gasteiger partial charge is 0.410 e. The van der Waals surface area contributed by atoms with Crippen LogP contribution in [0.25, 0.3) is 11.1 Å². The predicted octanol–water partition coefficient (Wildman–Crippen LogP) is 4.08. The molecule has 0 aliphatic rings. The highest BCUT2D eigenvalue weighted by Crippen LogP contribution is 2.38. The number of hydrogen-bond acceptors (Lipinski definition) is 2. The zero-order chi connectivity index (χ0) is 14.0. The van der Waals surface area contributed by atoms with E-state index in [1.165, 1.54) is 0 Å². The van der Waals surface area contributed by atoms with E-state index in [0.717, 1.165) is 22.3 Å². The molecule has 0 bridgehead atoms. The molecule has 0 radical (unpaired) electrons. The molecular weight excluding hydrogens is 262 g/mol. The minimum absolute atomic E-state index is 0.468. The Labute approximate surface area is 117 Å². The second-order valence-corrected chi connectivity index (χ2v) is 4.70. The van der Waals surface area contributed by atoms with Crippen LogP contribution < -0.4 is 10.5 Å². The lowest BCUT2D eigenvalue weighted by molar-refractivity contribution is 0.210. The Hall–Kier alpha value is -2.00. The first-order chi connectivity index (χ1) is 9.00. The van der Waals surface area contributed by atoms with E-state index in [1.807, 2.05) is 44.2 Å². The van der Waals surface area contributed by atoms with Gasteiger partial charge < -0.3 is 10.5 Å². The Bertz CT molecular complexity index is 624. The average Bonchev–Trinajstić information content (AvgIpc) is 2.35. The van der Waals surface area contributed by atoms with Crippen LogP contribution in [0.3, 0.4) is 0 Å². The zero-order valence-electron chi connectivity index (χ0n) is 10.7. The number of nitrogens with two attached hydrogens (primary N) is 1. The molecule has 0 aliphatic carbocycles. The molecule has 19 heavy (non-hydrogen) atoms. The third-order valence-electron chi connectivity index (χ3n) is 2.92. The van der Waals surface area contributed by atoms with Crippen LogP contribution in [0, 0.1) is 13.8 Å². The third-order valence-corrected chi connectivity index (χ3v) is 3.22. The number of hydrogen-bond donors (Lipinski definition) is 1. The maximum atomic E-state index is 11.0. The van der Waals surface area contributed by atoms with Gasteiger partial charge in [-0.2, -0.15) is 0 Å². The van der Waals surface area contributed by atoms with E-state index in [9.17, 15) is 4.79 Å². The molecule has 98 valence electrons. The number of amides is 1. The summed E-state index contributed by atoms with van der Waals surface area (Å²) >= 11 is 6.31. The van der Waals surface area contributed by atoms with Crippen molar-refractivity contribution >= 4 is 17.7 Å². The molecule has 2 rings (SSSR count). The number of rotatable bonds is 2. The van der Waals surface area contributed by atoms with E-state index in [4.69, 9.17) is 22.1 Å². The van der Waals surface area contributed by atoms with Crippen molar-refractivity contribution in [3.8, 4) is 16.9 Å². The minimum atomic E-state index is -0.826. The second kappa shape index (κ2) is 5.33. The summed E-state index contributed by atoms with van der Waals surface area (Å²) in [7, 11) is 0. The summed E-state index contributed by atoms with van der Waals surface area (Å²) in [6.07, 6.45) is -0.826. The number of aryl methyl sites for hydroxylation is 1. The molecular formula is C15H14ClNO2. The number of ether oxygens (including phenoxy) is 1. The number of carbonyl (C=O) groups is 1. The molecule has 0 aromatic heterocycles. The molecule has 1 amide bonds. The smallest absolute Gasteiger partial charge is 0.409 e. The molecule has 0 aliphatic heterocycles. The molecule has 4 heteroatoms. The van der Waals surface area contributed by atoms with Gasteiger partial charge in [0.15, 0.2) is 0 Å². The van der Waals surface area contributed by atoms with Crippen molar-refractivity contribution in [1.29, 1.82) is 0 Å². The SMILES string of the molecule is Cc1cc(Cl)c(-c2ccccc2)c(C)c1OC(N)=O. The van der Waals surface area contributed by atoms with Crippen LogP contribution in [0.1, 0.15) is 11.1 Å². The van der Waals surface area contributed by atoms with Gasteiger partial charge in [0.2, 0.25) is 0 Å². The molecule has 2 aromatic rings. The number of primary amides is 1. The van der Waals surface area contributed by atoms with E-state index in [2.05, 4.69) is 0 Å². The molecule has 0 unspecified atom stereocenters. The van der Waals surface area contributed by atoms with Crippen molar-refractivity contribution in [2.45, 2.75) is 13.8 Å². The van der Waals surface area contributed by atoms with E-state index in [0.29, 0.717) is 10.8 Å². The van der Waals surface area contributed by atoms with Crippen molar-refractivity contribution in [3.05, 3.63) is 52.5 Å². The Balaban J connectivity index is 2.65. The van der Waals surface area contributed by atoms with Gasteiger partial charge in [-0.05, 0) is 31.0 Å². The van der Waals surface area contributed by atoms with E-state index < -0.39 is 6.09 Å². The van der Waals surface area contributed by atoms with Gasteiger partial charge in [-0.15, -0.1) is 0 Å². The lowest BCUT2D eigenvalue weighted by Gasteiger charge is -2.15. The fourth-order valence-electron chi connectivity index (χ4n) is 2.13. The summed E-state index contributed by atoms with van der Waals surface area (Å²) in [5, 5.41) is 0.623. The molecule has 0 fully saturated rings. The van der Waals surface area contributed by atoms with Gasteiger partial charge in [0.05, 0.1) is 0 Å². The van der Waals surface area contributed by atoms with Gasteiger partial charge in [0.25, 0.3) is 0 Å². The first-order valence-electron chi connectivity index (χ1n) is 5.83. The topological polar surface area (TPSA) is 52.3 Å². The highest BCUT2D eigenvalue weighted by molar-refractivity contribution is 6.33. The van der Waals surface area contributed by atoms with Crippen LogP contribution in [0.5, 0.6) is 5.75 Å². The van der Waals surface area contributed by atoms with Crippen molar-refractivity contribution in [2.75, 3.05) is 0 Å². The summed E-state index contributed by atoms with van der Waals surface area (Å²) in [4.78, 5) is 11.0. The van der Waals surface area contributed by atoms with Crippen molar-refractivity contribution < 1.29 is 9.53 Å². The Kier molecular flexibility index (Phi) is 3.76. The number of halogens is 1. The summed E-state index contributed by atoms with van der Waals surface area (Å²) < 4.78 is 5.07. The van der Waals surface area contributed by atoms with E-state index in [-0.39, 0.29) is 0 Å². The fourth-order valence-corrected chi connectivity index (χ4v) is 2.55. The highest BCUT2D eigenvalue weighted by atomic mass is 35.5. The zero-order valence-corrected chi connectivity index (χ0v) is 11.5. The highest BCUT2D eigenvalue weighted by Gasteiger charge is 2.16. The maximum Gasteiger partial charge on any atom is 0.409 e. The molecule has 2 N–H and O–H groups in total. The minimum Gasteiger partial charge on any atom is -0.410 e. The number of benzene rings is 2. The van der Waals surface area contributed by atoms with Crippen LogP contribution in [-0.2, 0) is 0 Å². The van der Waals surface area contributed by atoms with Crippen molar-refractivity contribution in [3.63, 3.8) is 0 Å². The fraction of sp³-hybridized carbons (Fsp3) is 0.133. The van der Waals surface area contributed by atoms with Crippen LogP contribution in [-0.4, -0.2) is 6.09 Å². The summed E-state index contributed by atoms with van der Waals surface area (Å²) in [6.45, 7) is 3.69. The molecule has 0 atom stereocenters. The summed E-state index contributed by atoms with van der Waals surface area (Å²) in [6, 6.07) is 11.5. The van der Waals surface area contributed by atoms with E-state index >= 15 is 0 Å². The molecule has 3 nitrogen and oxygen atoms in total. The number of carbonyl (C=O) groups excluding carboxylic acids is 1. The predicted molar refractivity (Wildman–Crippen MR) is 76.6 cm³/mol. The maximum absolute atomic E-state index is 11.0. The van der Waals surface area contributed by atoms with Gasteiger partial charge in [-0.3, -0.25) is 0 Å². The Morgan fingerprint density at radius 1 is 1.21 bits per heavy atom. The van der Waals surface area contributed by atoms with Gasteiger partial charge in [-0.25, -0.2) is 4.79 Å². The van der Waals surface area contributed by atoms with Gasteiger partial charge >= 0.3 is 6.09 Å². The molecule has 0 saturated heterocycles.